The van der Waals surface area contributed by atoms with Crippen molar-refractivity contribution in [2.45, 2.75) is 20.8 Å². The van der Waals surface area contributed by atoms with Gasteiger partial charge in [-0.3, -0.25) is 14.9 Å². The van der Waals surface area contributed by atoms with Gasteiger partial charge in [0.15, 0.2) is 11.5 Å². The minimum Gasteiger partial charge on any atom is -0.494 e. The summed E-state index contributed by atoms with van der Waals surface area (Å²) in [5.74, 6) is -0.00256. The van der Waals surface area contributed by atoms with E-state index in [1.807, 2.05) is 13.8 Å². The number of barbiturate groups is 1. The molecular weight excluding hydrogens is 532 g/mol. The number of hydrogen-bond donors (Lipinski definition) is 1. The third kappa shape index (κ3) is 5.88. The van der Waals surface area contributed by atoms with Gasteiger partial charge in [-0.1, -0.05) is 28.6 Å². The number of urea groups is 1. The summed E-state index contributed by atoms with van der Waals surface area (Å²) in [5.41, 5.74) is 0.387. The molecule has 0 aromatic heterocycles. The van der Waals surface area contributed by atoms with Crippen LogP contribution in [0.15, 0.2) is 53.0 Å². The van der Waals surface area contributed by atoms with E-state index in [9.17, 15) is 14.4 Å². The number of rotatable bonds is 11. The lowest BCUT2D eigenvalue weighted by molar-refractivity contribution is -0.122. The van der Waals surface area contributed by atoms with Crippen molar-refractivity contribution in [3.8, 4) is 23.0 Å². The molecule has 0 saturated carbocycles. The Bertz CT molecular complexity index is 1210. The summed E-state index contributed by atoms with van der Waals surface area (Å²) in [7, 11) is 0. The molecule has 190 valence electrons. The molecule has 3 rings (SSSR count). The second-order valence-electron chi connectivity index (χ2n) is 7.31. The maximum Gasteiger partial charge on any atom is 0.336 e. The first-order chi connectivity index (χ1) is 17.3. The van der Waals surface area contributed by atoms with Crippen molar-refractivity contribution in [3.63, 3.8) is 0 Å². The molecule has 4 amide bonds. The highest BCUT2D eigenvalue weighted by molar-refractivity contribution is 9.10. The predicted molar refractivity (Wildman–Crippen MR) is 139 cm³/mol. The fraction of sp³-hybridized carbons (Fsp3) is 0.269. The molecule has 0 spiro atoms. The van der Waals surface area contributed by atoms with Gasteiger partial charge in [0.25, 0.3) is 11.8 Å². The Balaban J connectivity index is 2.08. The zero-order valence-electron chi connectivity index (χ0n) is 20.3. The normalized spacial score (nSPS) is 14.5. The molecule has 36 heavy (non-hydrogen) atoms. The number of imide groups is 2. The maximum absolute atomic E-state index is 13.5. The number of amides is 4. The van der Waals surface area contributed by atoms with Crippen LogP contribution in [0, 0.1) is 0 Å². The van der Waals surface area contributed by atoms with Gasteiger partial charge in [-0.2, -0.15) is 0 Å². The lowest BCUT2D eigenvalue weighted by Crippen LogP contribution is -2.54. The molecule has 0 radical (unpaired) electrons. The van der Waals surface area contributed by atoms with Gasteiger partial charge in [-0.15, -0.1) is 0 Å². The van der Waals surface area contributed by atoms with Crippen LogP contribution in [0.25, 0.3) is 6.08 Å². The number of benzene rings is 2. The van der Waals surface area contributed by atoms with E-state index in [4.69, 9.17) is 18.9 Å². The van der Waals surface area contributed by atoms with Crippen LogP contribution in [0.3, 0.4) is 0 Å². The smallest absolute Gasteiger partial charge is 0.336 e. The van der Waals surface area contributed by atoms with Gasteiger partial charge in [0, 0.05) is 10.5 Å². The number of nitrogens with one attached hydrogen (secondary N) is 1. The van der Waals surface area contributed by atoms with Gasteiger partial charge in [0.1, 0.15) is 23.7 Å². The van der Waals surface area contributed by atoms with Gasteiger partial charge < -0.3 is 18.9 Å². The molecule has 9 nitrogen and oxygen atoms in total. The van der Waals surface area contributed by atoms with Gasteiger partial charge in [0.05, 0.1) is 25.5 Å². The van der Waals surface area contributed by atoms with E-state index in [-0.39, 0.29) is 17.9 Å². The number of carbonyl (C=O) groups is 3. The van der Waals surface area contributed by atoms with Crippen molar-refractivity contribution in [3.05, 3.63) is 58.6 Å². The molecule has 0 bridgehead atoms. The number of nitrogens with zero attached hydrogens (tertiary/aromatic N) is 1. The summed E-state index contributed by atoms with van der Waals surface area (Å²) in [4.78, 5) is 39.9. The van der Waals surface area contributed by atoms with E-state index in [0.717, 1.165) is 4.90 Å². The average molecular weight is 559 g/mol. The molecule has 1 aliphatic heterocycles. The maximum atomic E-state index is 13.5. The molecule has 1 heterocycles. The van der Waals surface area contributed by atoms with Crippen LogP contribution in [0.1, 0.15) is 26.3 Å². The zero-order valence-corrected chi connectivity index (χ0v) is 21.8. The summed E-state index contributed by atoms with van der Waals surface area (Å²) in [5, 5.41) is 2.23. The first-order valence-corrected chi connectivity index (χ1v) is 12.1. The van der Waals surface area contributed by atoms with Crippen molar-refractivity contribution in [2.75, 3.05) is 31.3 Å². The lowest BCUT2D eigenvalue weighted by Gasteiger charge is -2.28. The third-order valence-corrected chi connectivity index (χ3v) is 5.59. The van der Waals surface area contributed by atoms with Crippen LogP contribution >= 0.6 is 15.9 Å². The largest absolute Gasteiger partial charge is 0.494 e. The molecular formula is C26H27BrN2O7. The number of ether oxygens (including phenoxy) is 4. The van der Waals surface area contributed by atoms with Gasteiger partial charge >= 0.3 is 6.03 Å². The van der Waals surface area contributed by atoms with Crippen LogP contribution in [0.4, 0.5) is 10.5 Å². The van der Waals surface area contributed by atoms with E-state index in [0.29, 0.717) is 52.9 Å². The molecule has 1 N–H and O–H groups in total. The first kappa shape index (κ1) is 26.8. The average Bonchev–Trinajstić information content (AvgIpc) is 2.84. The van der Waals surface area contributed by atoms with Crippen LogP contribution in [0.2, 0.25) is 0 Å². The molecule has 0 aliphatic carbocycles. The molecule has 1 aliphatic rings. The molecule has 2 aromatic rings. The number of anilines is 1. The zero-order chi connectivity index (χ0) is 26.2. The predicted octanol–water partition coefficient (Wildman–Crippen LogP) is 4.88. The number of halogens is 1. The Labute approximate surface area is 217 Å². The van der Waals surface area contributed by atoms with Gasteiger partial charge in [-0.05, 0) is 56.7 Å². The minimum absolute atomic E-state index is 0.158. The van der Waals surface area contributed by atoms with Crippen LogP contribution in [-0.4, -0.2) is 44.3 Å². The molecule has 10 heteroatoms. The highest BCUT2D eigenvalue weighted by Gasteiger charge is 2.38. The Hall–Kier alpha value is -3.79. The fourth-order valence-electron chi connectivity index (χ4n) is 3.43. The molecule has 0 unspecified atom stereocenters. The van der Waals surface area contributed by atoms with Crippen molar-refractivity contribution < 1.29 is 33.3 Å². The standard InChI is InChI=1S/C26H27BrN2O7/c1-5-11-36-23-15-19(27)16(13-22(23)35-8-4)12-18-24(30)28-26(32)29(25(18)31)20-14-17(33-6-2)9-10-21(20)34-7-3/h5,9-10,12-15H,1,6-8,11H2,2-4H3,(H,28,30,32)/b18-12+. The van der Waals surface area contributed by atoms with E-state index < -0.39 is 17.8 Å². The van der Waals surface area contributed by atoms with E-state index in [2.05, 4.69) is 27.8 Å². The Morgan fingerprint density at radius 3 is 2.25 bits per heavy atom. The molecule has 1 fully saturated rings. The Morgan fingerprint density at radius 2 is 1.58 bits per heavy atom. The van der Waals surface area contributed by atoms with E-state index in [1.54, 1.807) is 37.3 Å². The lowest BCUT2D eigenvalue weighted by atomic mass is 10.1. The molecule has 1 saturated heterocycles. The van der Waals surface area contributed by atoms with Crippen molar-refractivity contribution in [1.29, 1.82) is 0 Å². The summed E-state index contributed by atoms with van der Waals surface area (Å²) in [6.07, 6.45) is 2.99. The first-order valence-electron chi connectivity index (χ1n) is 11.4. The topological polar surface area (TPSA) is 103 Å². The highest BCUT2D eigenvalue weighted by atomic mass is 79.9. The van der Waals surface area contributed by atoms with Crippen molar-refractivity contribution >= 4 is 45.5 Å². The van der Waals surface area contributed by atoms with E-state index >= 15 is 0 Å². The van der Waals surface area contributed by atoms with Crippen LogP contribution in [-0.2, 0) is 9.59 Å². The second kappa shape index (κ2) is 12.3. The van der Waals surface area contributed by atoms with Crippen molar-refractivity contribution in [1.82, 2.24) is 5.32 Å². The summed E-state index contributed by atoms with van der Waals surface area (Å²) < 4.78 is 23.0. The minimum atomic E-state index is -0.890. The summed E-state index contributed by atoms with van der Waals surface area (Å²) in [6.45, 7) is 10.4. The third-order valence-electron chi connectivity index (χ3n) is 4.90. The number of hydrogen-bond acceptors (Lipinski definition) is 7. The fourth-order valence-corrected chi connectivity index (χ4v) is 3.87. The molecule has 2 aromatic carbocycles. The highest BCUT2D eigenvalue weighted by Crippen LogP contribution is 2.37. The Kier molecular flexibility index (Phi) is 9.13. The van der Waals surface area contributed by atoms with Gasteiger partial charge in [0.2, 0.25) is 0 Å². The monoisotopic (exact) mass is 558 g/mol. The second-order valence-corrected chi connectivity index (χ2v) is 8.16. The SMILES string of the molecule is C=CCOc1cc(Br)c(/C=C2\C(=O)NC(=O)N(c3cc(OCC)ccc3OCC)C2=O)cc1OCC. The summed E-state index contributed by atoms with van der Waals surface area (Å²) >= 11 is 3.46. The van der Waals surface area contributed by atoms with E-state index in [1.165, 1.54) is 12.1 Å². The molecule has 0 atom stereocenters. The summed E-state index contributed by atoms with van der Waals surface area (Å²) in [6, 6.07) is 7.23. The van der Waals surface area contributed by atoms with Crippen LogP contribution < -0.4 is 29.2 Å². The number of carbonyl (C=O) groups excluding carboxylic acids is 3. The quantitative estimate of drug-likeness (QED) is 0.238. The van der Waals surface area contributed by atoms with Crippen LogP contribution in [0.5, 0.6) is 23.0 Å². The Morgan fingerprint density at radius 1 is 0.917 bits per heavy atom. The van der Waals surface area contributed by atoms with Crippen molar-refractivity contribution in [2.24, 2.45) is 0 Å². The van der Waals surface area contributed by atoms with Gasteiger partial charge in [-0.25, -0.2) is 9.69 Å².